The minimum Gasteiger partial charge on any atom is -0.494 e. The maximum Gasteiger partial charge on any atom is 0.119 e. The van der Waals surface area contributed by atoms with Crippen LogP contribution in [0.5, 0.6) is 5.75 Å². The molecule has 0 bridgehead atoms. The average Bonchev–Trinajstić information content (AvgIpc) is 2.45. The summed E-state index contributed by atoms with van der Waals surface area (Å²) in [6.07, 6.45) is 1.90. The molecule has 0 saturated heterocycles. The fraction of sp³-hybridized carbons (Fsp3) is 0.294. The van der Waals surface area contributed by atoms with E-state index in [0.29, 0.717) is 6.61 Å². The third-order valence-corrected chi connectivity index (χ3v) is 3.18. The topological polar surface area (TPSA) is 35.2 Å². The highest BCUT2D eigenvalue weighted by Gasteiger charge is 2.05. The minimum absolute atomic E-state index is 0.0972. The van der Waals surface area contributed by atoms with Crippen molar-refractivity contribution < 1.29 is 4.74 Å². The van der Waals surface area contributed by atoms with Crippen LogP contribution >= 0.6 is 0 Å². The van der Waals surface area contributed by atoms with Gasteiger partial charge in [0, 0.05) is 6.04 Å². The third-order valence-electron chi connectivity index (χ3n) is 3.18. The van der Waals surface area contributed by atoms with Crippen LogP contribution in [-0.2, 0) is 0 Å². The van der Waals surface area contributed by atoms with Crippen LogP contribution < -0.4 is 10.5 Å². The molecule has 0 spiro atoms. The second-order valence-electron chi connectivity index (χ2n) is 4.82. The van der Waals surface area contributed by atoms with E-state index in [1.165, 1.54) is 11.1 Å². The Hall–Kier alpha value is -1.80. The Morgan fingerprint density at radius 3 is 2.37 bits per heavy atom. The maximum atomic E-state index is 6.17. The van der Waals surface area contributed by atoms with Gasteiger partial charge in [0.25, 0.3) is 0 Å². The van der Waals surface area contributed by atoms with Gasteiger partial charge in [0.15, 0.2) is 0 Å². The molecule has 2 nitrogen and oxygen atoms in total. The summed E-state index contributed by atoms with van der Waals surface area (Å²) < 4.78 is 5.66. The van der Waals surface area contributed by atoms with E-state index in [-0.39, 0.29) is 6.04 Å². The maximum absolute atomic E-state index is 6.17. The van der Waals surface area contributed by atoms with Gasteiger partial charge in [-0.3, -0.25) is 0 Å². The van der Waals surface area contributed by atoms with E-state index >= 15 is 0 Å². The minimum atomic E-state index is 0.0972. The number of nitrogens with two attached hydrogens (primary N) is 1. The summed E-state index contributed by atoms with van der Waals surface area (Å²) >= 11 is 0. The van der Waals surface area contributed by atoms with E-state index in [1.54, 1.807) is 0 Å². The van der Waals surface area contributed by atoms with E-state index in [0.717, 1.165) is 18.6 Å². The van der Waals surface area contributed by atoms with Gasteiger partial charge in [0.05, 0.1) is 6.61 Å². The molecule has 0 aromatic heterocycles. The van der Waals surface area contributed by atoms with E-state index < -0.39 is 0 Å². The molecule has 0 saturated carbocycles. The summed E-state index contributed by atoms with van der Waals surface area (Å²) in [7, 11) is 0. The Balaban J connectivity index is 1.72. The lowest BCUT2D eigenvalue weighted by Gasteiger charge is -2.12. The first-order valence-electron chi connectivity index (χ1n) is 6.76. The van der Waals surface area contributed by atoms with E-state index in [1.807, 2.05) is 30.3 Å². The summed E-state index contributed by atoms with van der Waals surface area (Å²) in [5.41, 5.74) is 8.64. The molecule has 0 aliphatic carbocycles. The Morgan fingerprint density at radius 2 is 1.68 bits per heavy atom. The van der Waals surface area contributed by atoms with Gasteiger partial charge >= 0.3 is 0 Å². The van der Waals surface area contributed by atoms with Crippen molar-refractivity contribution in [1.29, 1.82) is 0 Å². The van der Waals surface area contributed by atoms with Crippen molar-refractivity contribution in [1.82, 2.24) is 0 Å². The summed E-state index contributed by atoms with van der Waals surface area (Å²) in [5.74, 6) is 0.923. The highest BCUT2D eigenvalue weighted by molar-refractivity contribution is 5.24. The Morgan fingerprint density at radius 1 is 1.00 bits per heavy atom. The molecule has 2 aromatic rings. The van der Waals surface area contributed by atoms with Crippen LogP contribution in [0.1, 0.15) is 30.0 Å². The molecule has 1 unspecified atom stereocenters. The summed E-state index contributed by atoms with van der Waals surface area (Å²) in [5, 5.41) is 0. The normalized spacial score (nSPS) is 12.1. The number of rotatable bonds is 6. The van der Waals surface area contributed by atoms with Crippen molar-refractivity contribution in [3.63, 3.8) is 0 Å². The van der Waals surface area contributed by atoms with Crippen LogP contribution in [0, 0.1) is 6.92 Å². The molecule has 0 aliphatic heterocycles. The number of ether oxygens (including phenoxy) is 1. The van der Waals surface area contributed by atoms with Gasteiger partial charge in [-0.15, -0.1) is 0 Å². The fourth-order valence-electron chi connectivity index (χ4n) is 1.99. The van der Waals surface area contributed by atoms with Crippen molar-refractivity contribution >= 4 is 0 Å². The predicted molar refractivity (Wildman–Crippen MR) is 79.3 cm³/mol. The van der Waals surface area contributed by atoms with E-state index in [4.69, 9.17) is 10.5 Å². The Labute approximate surface area is 115 Å². The summed E-state index contributed by atoms with van der Waals surface area (Å²) in [6.45, 7) is 2.80. The Kier molecular flexibility index (Phi) is 4.99. The van der Waals surface area contributed by atoms with Crippen molar-refractivity contribution in [3.05, 3.63) is 65.7 Å². The van der Waals surface area contributed by atoms with Gasteiger partial charge in [-0.1, -0.05) is 48.0 Å². The van der Waals surface area contributed by atoms with Crippen molar-refractivity contribution in [2.75, 3.05) is 6.61 Å². The third kappa shape index (κ3) is 4.42. The first-order chi connectivity index (χ1) is 9.25. The molecule has 2 N–H and O–H groups in total. The monoisotopic (exact) mass is 255 g/mol. The van der Waals surface area contributed by atoms with Crippen LogP contribution in [0.2, 0.25) is 0 Å². The zero-order valence-corrected chi connectivity index (χ0v) is 11.4. The molecule has 19 heavy (non-hydrogen) atoms. The number of para-hydroxylation sites is 1. The van der Waals surface area contributed by atoms with Crippen molar-refractivity contribution in [3.8, 4) is 5.75 Å². The van der Waals surface area contributed by atoms with Crippen LogP contribution in [0.25, 0.3) is 0 Å². The molecular formula is C17H21NO. The summed E-state index contributed by atoms with van der Waals surface area (Å²) in [6, 6.07) is 18.4. The molecule has 2 aromatic carbocycles. The standard InChI is InChI=1S/C17H21NO/c1-14-9-11-15(12-10-14)17(18)8-5-13-19-16-6-3-2-4-7-16/h2-4,6-7,9-12,17H,5,8,13,18H2,1H3. The number of aryl methyl sites for hydroxylation is 1. The second kappa shape index (κ2) is 6.95. The van der Waals surface area contributed by atoms with Gasteiger partial charge < -0.3 is 10.5 Å². The van der Waals surface area contributed by atoms with Crippen LogP contribution in [0.15, 0.2) is 54.6 Å². The lowest BCUT2D eigenvalue weighted by Crippen LogP contribution is -2.11. The fourth-order valence-corrected chi connectivity index (χ4v) is 1.99. The quantitative estimate of drug-likeness (QED) is 0.796. The molecule has 0 fully saturated rings. The molecule has 0 amide bonds. The first-order valence-corrected chi connectivity index (χ1v) is 6.76. The first kappa shape index (κ1) is 13.6. The van der Waals surface area contributed by atoms with E-state index in [2.05, 4.69) is 31.2 Å². The van der Waals surface area contributed by atoms with E-state index in [9.17, 15) is 0 Å². The van der Waals surface area contributed by atoms with Crippen molar-refractivity contribution in [2.24, 2.45) is 5.73 Å². The molecule has 1 atom stereocenters. The highest BCUT2D eigenvalue weighted by atomic mass is 16.5. The van der Waals surface area contributed by atoms with Crippen LogP contribution in [0.3, 0.4) is 0 Å². The molecule has 2 heteroatoms. The number of benzene rings is 2. The lowest BCUT2D eigenvalue weighted by atomic mass is 10.0. The van der Waals surface area contributed by atoms with Crippen LogP contribution in [0.4, 0.5) is 0 Å². The molecule has 100 valence electrons. The number of hydrogen-bond donors (Lipinski definition) is 1. The average molecular weight is 255 g/mol. The zero-order valence-electron chi connectivity index (χ0n) is 11.4. The van der Waals surface area contributed by atoms with Crippen LogP contribution in [-0.4, -0.2) is 6.61 Å². The highest BCUT2D eigenvalue weighted by Crippen LogP contribution is 2.17. The molecular weight excluding hydrogens is 234 g/mol. The Bertz CT molecular complexity index is 478. The van der Waals surface area contributed by atoms with Gasteiger partial charge in [-0.05, 0) is 37.5 Å². The molecule has 0 heterocycles. The summed E-state index contributed by atoms with van der Waals surface area (Å²) in [4.78, 5) is 0. The second-order valence-corrected chi connectivity index (χ2v) is 4.82. The molecule has 0 radical (unpaired) electrons. The van der Waals surface area contributed by atoms with Gasteiger partial charge in [-0.2, -0.15) is 0 Å². The molecule has 2 rings (SSSR count). The van der Waals surface area contributed by atoms with Crippen molar-refractivity contribution in [2.45, 2.75) is 25.8 Å². The number of hydrogen-bond acceptors (Lipinski definition) is 2. The van der Waals surface area contributed by atoms with Gasteiger partial charge in [-0.25, -0.2) is 0 Å². The molecule has 0 aliphatic rings. The largest absolute Gasteiger partial charge is 0.494 e. The zero-order chi connectivity index (χ0) is 13.5. The lowest BCUT2D eigenvalue weighted by molar-refractivity contribution is 0.302. The van der Waals surface area contributed by atoms with Gasteiger partial charge in [0.1, 0.15) is 5.75 Å². The smallest absolute Gasteiger partial charge is 0.119 e. The van der Waals surface area contributed by atoms with Gasteiger partial charge in [0.2, 0.25) is 0 Å². The predicted octanol–water partition coefficient (Wildman–Crippen LogP) is 3.85. The SMILES string of the molecule is Cc1ccc(C(N)CCCOc2ccccc2)cc1.